The van der Waals surface area contributed by atoms with Crippen molar-refractivity contribution in [2.75, 3.05) is 5.73 Å². The summed E-state index contributed by atoms with van der Waals surface area (Å²) in [5.74, 6) is -1.27. The molecule has 0 spiro atoms. The van der Waals surface area contributed by atoms with E-state index in [9.17, 15) is 18.0 Å². The number of nitrogen functional groups attached to an aromatic ring is 1. The van der Waals surface area contributed by atoms with Crippen LogP contribution in [0.2, 0.25) is 0 Å². The number of halogens is 3. The summed E-state index contributed by atoms with van der Waals surface area (Å²) in [4.78, 5) is 19.2. The van der Waals surface area contributed by atoms with Crippen LogP contribution in [0.25, 0.3) is 11.2 Å². The Balaban J connectivity index is 2.07. The van der Waals surface area contributed by atoms with Crippen molar-refractivity contribution < 1.29 is 22.6 Å². The molecule has 0 bridgehead atoms. The molecule has 0 aliphatic carbocycles. The minimum Gasteiger partial charge on any atom is -0.396 e. The minimum atomic E-state index is -4.74. The van der Waals surface area contributed by atoms with Gasteiger partial charge < -0.3 is 11.5 Å². The lowest BCUT2D eigenvalue weighted by Gasteiger charge is -2.13. The first-order valence-corrected chi connectivity index (χ1v) is 6.92. The fourth-order valence-corrected chi connectivity index (χ4v) is 2.41. The van der Waals surface area contributed by atoms with Crippen LogP contribution in [0.3, 0.4) is 0 Å². The van der Waals surface area contributed by atoms with E-state index in [-0.39, 0.29) is 29.0 Å². The molecule has 11 heteroatoms. The van der Waals surface area contributed by atoms with E-state index >= 15 is 0 Å². The Kier molecular flexibility index (Phi) is 3.78. The number of rotatable bonds is 3. The van der Waals surface area contributed by atoms with Crippen LogP contribution >= 0.6 is 0 Å². The average molecular weight is 352 g/mol. The average Bonchev–Trinajstić information content (AvgIpc) is 2.98. The number of primary amides is 1. The lowest BCUT2D eigenvalue weighted by atomic mass is 10.0. The predicted molar refractivity (Wildman–Crippen MR) is 79.3 cm³/mol. The van der Waals surface area contributed by atoms with E-state index in [0.29, 0.717) is 11.3 Å². The van der Waals surface area contributed by atoms with Crippen LogP contribution in [-0.2, 0) is 12.6 Å². The van der Waals surface area contributed by atoms with Crippen LogP contribution in [0, 0.1) is 6.92 Å². The second-order valence-corrected chi connectivity index (χ2v) is 5.26. The summed E-state index contributed by atoms with van der Waals surface area (Å²) in [6.07, 6.45) is -4.70. The number of fused-ring (bicyclic) bond motifs is 1. The number of carbonyl (C=O) groups excluding carboxylic acids is 1. The number of amides is 1. The second kappa shape index (κ2) is 5.69. The van der Waals surface area contributed by atoms with Crippen molar-refractivity contribution in [2.45, 2.75) is 19.5 Å². The first-order chi connectivity index (χ1) is 11.7. The Hall–Kier alpha value is -3.24. The highest BCUT2D eigenvalue weighted by Crippen LogP contribution is 2.32. The van der Waals surface area contributed by atoms with Crippen molar-refractivity contribution in [1.82, 2.24) is 20.3 Å². The van der Waals surface area contributed by atoms with Crippen LogP contribution in [0.15, 0.2) is 16.8 Å². The fourth-order valence-electron chi connectivity index (χ4n) is 2.41. The molecular weight excluding hydrogens is 341 g/mol. The number of carbonyl (C=O) groups is 1. The second-order valence-electron chi connectivity index (χ2n) is 5.26. The zero-order valence-corrected chi connectivity index (χ0v) is 12.8. The predicted octanol–water partition coefficient (Wildman–Crippen LogP) is 1.61. The maximum Gasteiger partial charge on any atom is 0.418 e. The first-order valence-electron chi connectivity index (χ1n) is 6.92. The van der Waals surface area contributed by atoms with Crippen molar-refractivity contribution in [3.63, 3.8) is 0 Å². The number of aryl methyl sites for hydroxylation is 1. The monoisotopic (exact) mass is 352 g/mol. The van der Waals surface area contributed by atoms with Crippen LogP contribution in [-0.4, -0.2) is 26.2 Å². The third kappa shape index (κ3) is 2.95. The maximum atomic E-state index is 12.9. The Morgan fingerprint density at radius 1 is 1.24 bits per heavy atom. The summed E-state index contributed by atoms with van der Waals surface area (Å²) < 4.78 is 43.4. The molecule has 25 heavy (non-hydrogen) atoms. The van der Waals surface area contributed by atoms with Gasteiger partial charge in [-0.25, -0.2) is 14.6 Å². The zero-order valence-electron chi connectivity index (χ0n) is 12.8. The van der Waals surface area contributed by atoms with Gasteiger partial charge in [0.15, 0.2) is 5.52 Å². The van der Waals surface area contributed by atoms with E-state index in [4.69, 9.17) is 11.5 Å². The van der Waals surface area contributed by atoms with Gasteiger partial charge in [-0.2, -0.15) is 13.2 Å². The maximum absolute atomic E-state index is 12.9. The van der Waals surface area contributed by atoms with Crippen LogP contribution in [0.4, 0.5) is 18.9 Å². The number of nitrogens with two attached hydrogens (primary N) is 2. The van der Waals surface area contributed by atoms with Gasteiger partial charge in [0, 0.05) is 23.4 Å². The van der Waals surface area contributed by atoms with Gasteiger partial charge in [-0.1, -0.05) is 0 Å². The van der Waals surface area contributed by atoms with Gasteiger partial charge in [0.2, 0.25) is 5.65 Å². The van der Waals surface area contributed by atoms with Crippen molar-refractivity contribution in [3.05, 3.63) is 40.3 Å². The van der Waals surface area contributed by atoms with Gasteiger partial charge in [0.25, 0.3) is 5.91 Å². The molecule has 8 nitrogen and oxygen atoms in total. The summed E-state index contributed by atoms with van der Waals surface area (Å²) in [7, 11) is 0. The zero-order chi connectivity index (χ0) is 18.4. The Morgan fingerprint density at radius 2 is 1.96 bits per heavy atom. The normalized spacial score (nSPS) is 11.8. The number of anilines is 1. The molecule has 1 amide bonds. The highest BCUT2D eigenvalue weighted by molar-refractivity contribution is 5.92. The van der Waals surface area contributed by atoms with Gasteiger partial charge in [-0.3, -0.25) is 4.79 Å². The number of nitrogens with zero attached hydrogens (tertiary/aromatic N) is 4. The molecule has 3 heterocycles. The fraction of sp³-hybridized carbons (Fsp3) is 0.214. The molecule has 3 aromatic rings. The topological polar surface area (TPSA) is 134 Å². The van der Waals surface area contributed by atoms with Crippen LogP contribution in [0.1, 0.15) is 33.0 Å². The molecule has 0 saturated heterocycles. The number of aromatic nitrogens is 4. The van der Waals surface area contributed by atoms with Gasteiger partial charge in [-0.05, 0) is 29.4 Å². The summed E-state index contributed by atoms with van der Waals surface area (Å²) >= 11 is 0. The summed E-state index contributed by atoms with van der Waals surface area (Å²) in [5, 5.41) is 7.22. The molecule has 4 N–H and O–H groups in total. The highest BCUT2D eigenvalue weighted by Gasteiger charge is 2.36. The summed E-state index contributed by atoms with van der Waals surface area (Å²) in [5.41, 5.74) is 10.8. The summed E-state index contributed by atoms with van der Waals surface area (Å²) in [6.45, 7) is 1.65. The Morgan fingerprint density at radius 3 is 2.60 bits per heavy atom. The third-order valence-electron chi connectivity index (χ3n) is 3.61. The van der Waals surface area contributed by atoms with Crippen LogP contribution in [0.5, 0.6) is 0 Å². The van der Waals surface area contributed by atoms with Gasteiger partial charge in [-0.15, -0.1) is 0 Å². The quantitative estimate of drug-likeness (QED) is 0.731. The molecule has 0 aliphatic rings. The standard InChI is InChI=1S/C14H11F3N6O2/c1-5-7(9(18)11-13(20-5)23-25-22-11)4-6-2-3-8(14(15,16)17)10(21-6)12(19)24/h2-3H,4,18H2,1H3,(H2,19,24). The lowest BCUT2D eigenvalue weighted by Crippen LogP contribution is -2.21. The molecule has 0 atom stereocenters. The van der Waals surface area contributed by atoms with Gasteiger partial charge in [0.05, 0.1) is 11.3 Å². The summed E-state index contributed by atoms with van der Waals surface area (Å²) in [6, 6.07) is 1.91. The molecule has 0 unspecified atom stereocenters. The lowest BCUT2D eigenvalue weighted by molar-refractivity contribution is -0.138. The Labute approximate surface area is 138 Å². The van der Waals surface area contributed by atoms with Crippen molar-refractivity contribution in [1.29, 1.82) is 0 Å². The smallest absolute Gasteiger partial charge is 0.396 e. The molecule has 3 rings (SSSR count). The third-order valence-corrected chi connectivity index (χ3v) is 3.61. The van der Waals surface area contributed by atoms with E-state index < -0.39 is 23.3 Å². The first kappa shape index (κ1) is 16.6. The van der Waals surface area contributed by atoms with Crippen LogP contribution < -0.4 is 11.5 Å². The minimum absolute atomic E-state index is 0.0336. The molecule has 0 fully saturated rings. The van der Waals surface area contributed by atoms with Crippen molar-refractivity contribution in [2.24, 2.45) is 5.73 Å². The van der Waals surface area contributed by atoms with Gasteiger partial charge >= 0.3 is 6.18 Å². The molecule has 0 aromatic carbocycles. The largest absolute Gasteiger partial charge is 0.418 e. The van der Waals surface area contributed by atoms with E-state index in [1.807, 2.05) is 0 Å². The molecule has 0 radical (unpaired) electrons. The van der Waals surface area contributed by atoms with Crippen molar-refractivity contribution in [3.8, 4) is 0 Å². The van der Waals surface area contributed by atoms with Gasteiger partial charge in [0.1, 0.15) is 5.69 Å². The van der Waals surface area contributed by atoms with E-state index in [1.165, 1.54) is 0 Å². The molecule has 0 aliphatic heterocycles. The number of alkyl halides is 3. The SMILES string of the molecule is Cc1nc2nonc2c(N)c1Cc1ccc(C(F)(F)F)c(C(N)=O)n1. The number of hydrogen-bond donors (Lipinski definition) is 2. The molecular formula is C14H11F3N6O2. The molecule has 0 saturated carbocycles. The van der Waals surface area contributed by atoms with E-state index in [0.717, 1.165) is 12.1 Å². The molecule has 3 aromatic heterocycles. The van der Waals surface area contributed by atoms with E-state index in [1.54, 1.807) is 6.92 Å². The number of pyridine rings is 2. The van der Waals surface area contributed by atoms with E-state index in [2.05, 4.69) is 24.9 Å². The highest BCUT2D eigenvalue weighted by atomic mass is 19.4. The number of hydrogen-bond acceptors (Lipinski definition) is 7. The Bertz CT molecular complexity index is 983. The molecule has 130 valence electrons. The van der Waals surface area contributed by atoms with Crippen molar-refractivity contribution >= 4 is 22.8 Å².